The third kappa shape index (κ3) is 3.72. The predicted octanol–water partition coefficient (Wildman–Crippen LogP) is 2.52. The smallest absolute Gasteiger partial charge is 0.0781 e. The number of likely N-dealkylation sites (N-methyl/N-ethyl adjacent to an activating group) is 2. The van der Waals surface area contributed by atoms with Crippen LogP contribution in [0.1, 0.15) is 32.4 Å². The third-order valence-corrected chi connectivity index (χ3v) is 3.20. The van der Waals surface area contributed by atoms with E-state index in [1.807, 2.05) is 25.1 Å². The highest BCUT2D eigenvalue weighted by atomic mass is 16.3. The normalized spacial score (nSPS) is 14.6. The van der Waals surface area contributed by atoms with Crippen molar-refractivity contribution in [2.75, 3.05) is 32.1 Å². The molecule has 102 valence electrons. The lowest BCUT2D eigenvalue weighted by Crippen LogP contribution is -2.40. The Morgan fingerprint density at radius 1 is 1.17 bits per heavy atom. The van der Waals surface area contributed by atoms with Gasteiger partial charge in [0.05, 0.1) is 6.10 Å². The first-order valence-electron chi connectivity index (χ1n) is 6.65. The van der Waals surface area contributed by atoms with Crippen LogP contribution < -0.4 is 4.90 Å². The Kier molecular flexibility index (Phi) is 5.63. The quantitative estimate of drug-likeness (QED) is 0.840. The van der Waals surface area contributed by atoms with Crippen molar-refractivity contribution in [1.82, 2.24) is 4.90 Å². The Morgan fingerprint density at radius 3 is 2.28 bits per heavy atom. The van der Waals surface area contributed by atoms with Gasteiger partial charge in [-0.1, -0.05) is 18.2 Å². The Bertz CT molecular complexity index is 363. The molecule has 1 aromatic carbocycles. The van der Waals surface area contributed by atoms with Crippen molar-refractivity contribution in [3.63, 3.8) is 0 Å². The first kappa shape index (κ1) is 15.0. The van der Waals surface area contributed by atoms with E-state index in [-0.39, 0.29) is 0 Å². The van der Waals surface area contributed by atoms with Crippen LogP contribution in [0.5, 0.6) is 0 Å². The summed E-state index contributed by atoms with van der Waals surface area (Å²) >= 11 is 0. The van der Waals surface area contributed by atoms with Crippen LogP contribution in [0.4, 0.5) is 5.69 Å². The summed E-state index contributed by atoms with van der Waals surface area (Å²) in [6, 6.07) is 8.54. The van der Waals surface area contributed by atoms with Crippen molar-refractivity contribution in [2.45, 2.75) is 32.9 Å². The predicted molar refractivity (Wildman–Crippen MR) is 78.1 cm³/mol. The monoisotopic (exact) mass is 250 g/mol. The first-order valence-corrected chi connectivity index (χ1v) is 6.65. The first-order chi connectivity index (χ1) is 8.47. The zero-order valence-electron chi connectivity index (χ0n) is 12.2. The number of aliphatic hydroxyl groups is 1. The molecule has 0 aliphatic heterocycles. The Balaban J connectivity index is 3.01. The van der Waals surface area contributed by atoms with Crippen molar-refractivity contribution >= 4 is 5.69 Å². The van der Waals surface area contributed by atoms with Crippen molar-refractivity contribution in [2.24, 2.45) is 0 Å². The van der Waals surface area contributed by atoms with Gasteiger partial charge in [-0.3, -0.25) is 0 Å². The molecule has 0 aliphatic carbocycles. The highest BCUT2D eigenvalue weighted by molar-refractivity contribution is 5.55. The van der Waals surface area contributed by atoms with Crippen LogP contribution in [-0.4, -0.2) is 43.2 Å². The molecule has 3 nitrogen and oxygen atoms in total. The molecule has 0 heterocycles. The van der Waals surface area contributed by atoms with Crippen LogP contribution in [0.3, 0.4) is 0 Å². The van der Waals surface area contributed by atoms with Crippen LogP contribution in [0, 0.1) is 0 Å². The van der Waals surface area contributed by atoms with Gasteiger partial charge in [-0.05, 0) is 40.9 Å². The summed E-state index contributed by atoms with van der Waals surface area (Å²) in [4.78, 5) is 4.54. The molecular weight excluding hydrogens is 224 g/mol. The fourth-order valence-corrected chi connectivity index (χ4v) is 2.45. The van der Waals surface area contributed by atoms with Gasteiger partial charge in [0.15, 0.2) is 0 Å². The van der Waals surface area contributed by atoms with E-state index in [2.05, 4.69) is 43.8 Å². The molecule has 0 bridgehead atoms. The van der Waals surface area contributed by atoms with Crippen molar-refractivity contribution in [3.8, 4) is 0 Å². The molecule has 0 aromatic heterocycles. The van der Waals surface area contributed by atoms with Gasteiger partial charge < -0.3 is 14.9 Å². The summed E-state index contributed by atoms with van der Waals surface area (Å²) in [5.74, 6) is 0. The van der Waals surface area contributed by atoms with Crippen molar-refractivity contribution in [3.05, 3.63) is 29.8 Å². The molecule has 0 saturated carbocycles. The van der Waals surface area contributed by atoms with E-state index in [4.69, 9.17) is 0 Å². The Morgan fingerprint density at radius 2 is 1.78 bits per heavy atom. The number of benzene rings is 1. The molecule has 0 spiro atoms. The summed E-state index contributed by atoms with van der Waals surface area (Å²) in [5.41, 5.74) is 2.15. The molecule has 2 atom stereocenters. The van der Waals surface area contributed by atoms with Crippen LogP contribution in [0.25, 0.3) is 0 Å². The fraction of sp³-hybridized carbons (Fsp3) is 0.600. The molecule has 18 heavy (non-hydrogen) atoms. The summed E-state index contributed by atoms with van der Waals surface area (Å²) in [5, 5.41) is 9.88. The van der Waals surface area contributed by atoms with Gasteiger partial charge in [-0.15, -0.1) is 0 Å². The van der Waals surface area contributed by atoms with Gasteiger partial charge in [0.2, 0.25) is 0 Å². The number of aliphatic hydroxyl groups excluding tert-OH is 1. The van der Waals surface area contributed by atoms with E-state index >= 15 is 0 Å². The highest BCUT2D eigenvalue weighted by Gasteiger charge is 2.18. The largest absolute Gasteiger partial charge is 0.389 e. The van der Waals surface area contributed by atoms with Gasteiger partial charge in [0.25, 0.3) is 0 Å². The van der Waals surface area contributed by atoms with E-state index in [1.165, 1.54) is 0 Å². The van der Waals surface area contributed by atoms with Crippen molar-refractivity contribution < 1.29 is 5.11 Å². The summed E-state index contributed by atoms with van der Waals surface area (Å²) in [6.07, 6.45) is -0.429. The zero-order chi connectivity index (χ0) is 13.7. The average Bonchev–Trinajstić information content (AvgIpc) is 2.29. The maximum Gasteiger partial charge on any atom is 0.0781 e. The van der Waals surface area contributed by atoms with Gasteiger partial charge in [0.1, 0.15) is 0 Å². The topological polar surface area (TPSA) is 26.7 Å². The number of hydrogen-bond acceptors (Lipinski definition) is 3. The molecular formula is C15H26N2O. The summed E-state index contributed by atoms with van der Waals surface area (Å²) < 4.78 is 0. The number of anilines is 1. The molecule has 1 unspecified atom stereocenters. The summed E-state index contributed by atoms with van der Waals surface area (Å²) in [6.45, 7) is 8.15. The number of nitrogens with zero attached hydrogens (tertiary/aromatic N) is 2. The molecule has 0 amide bonds. The van der Waals surface area contributed by atoms with Crippen LogP contribution >= 0.6 is 0 Å². The van der Waals surface area contributed by atoms with Gasteiger partial charge in [-0.2, -0.15) is 0 Å². The Labute approximate surface area is 111 Å². The van der Waals surface area contributed by atoms with E-state index < -0.39 is 6.10 Å². The van der Waals surface area contributed by atoms with E-state index in [1.54, 1.807) is 0 Å². The average molecular weight is 250 g/mol. The molecule has 1 aromatic rings. The maximum absolute atomic E-state index is 9.88. The zero-order valence-corrected chi connectivity index (χ0v) is 12.2. The third-order valence-electron chi connectivity index (χ3n) is 3.20. The van der Waals surface area contributed by atoms with E-state index in [9.17, 15) is 5.11 Å². The van der Waals surface area contributed by atoms with Crippen LogP contribution in [0.15, 0.2) is 24.3 Å². The standard InChI is InChI=1S/C15H26N2O/c1-6-17(12(2)11-16(4)5)15-10-8-7-9-14(15)13(3)18/h7-10,12-13,18H,6,11H2,1-5H3/t12?,13-/m1/s1. The molecule has 0 saturated heterocycles. The molecule has 1 rings (SSSR count). The molecule has 0 aliphatic rings. The second-order valence-corrected chi connectivity index (χ2v) is 5.13. The van der Waals surface area contributed by atoms with Crippen LogP contribution in [0.2, 0.25) is 0 Å². The lowest BCUT2D eigenvalue weighted by atomic mass is 10.1. The second kappa shape index (κ2) is 6.76. The minimum atomic E-state index is -0.429. The van der Waals surface area contributed by atoms with Gasteiger partial charge in [0, 0.05) is 30.4 Å². The molecule has 1 N–H and O–H groups in total. The number of para-hydroxylation sites is 1. The SMILES string of the molecule is CCN(c1ccccc1[C@@H](C)O)C(C)CN(C)C. The maximum atomic E-state index is 9.88. The van der Waals surface area contributed by atoms with Crippen LogP contribution in [-0.2, 0) is 0 Å². The molecule has 0 fully saturated rings. The van der Waals surface area contributed by atoms with Crippen molar-refractivity contribution in [1.29, 1.82) is 0 Å². The second-order valence-electron chi connectivity index (χ2n) is 5.13. The Hall–Kier alpha value is -1.06. The van der Waals surface area contributed by atoms with Gasteiger partial charge >= 0.3 is 0 Å². The summed E-state index contributed by atoms with van der Waals surface area (Å²) in [7, 11) is 4.18. The lowest BCUT2D eigenvalue weighted by molar-refractivity contribution is 0.199. The van der Waals surface area contributed by atoms with E-state index in [0.717, 1.165) is 24.3 Å². The fourth-order valence-electron chi connectivity index (χ4n) is 2.45. The molecule has 3 heteroatoms. The number of hydrogen-bond donors (Lipinski definition) is 1. The minimum Gasteiger partial charge on any atom is -0.389 e. The highest BCUT2D eigenvalue weighted by Crippen LogP contribution is 2.27. The lowest BCUT2D eigenvalue weighted by Gasteiger charge is -2.34. The minimum absolute atomic E-state index is 0.421. The van der Waals surface area contributed by atoms with Gasteiger partial charge in [-0.25, -0.2) is 0 Å². The molecule has 0 radical (unpaired) electrons. The van der Waals surface area contributed by atoms with E-state index in [0.29, 0.717) is 6.04 Å². The number of rotatable bonds is 6.